The molecule has 20 heavy (non-hydrogen) atoms. The van der Waals surface area contributed by atoms with Crippen molar-refractivity contribution in [3.05, 3.63) is 33.9 Å². The molecule has 1 aromatic rings. The number of carbonyl (C=O) groups excluding carboxylic acids is 1. The third kappa shape index (κ3) is 3.21. The van der Waals surface area contributed by atoms with E-state index in [1.165, 1.54) is 34.9 Å². The number of rotatable bonds is 4. The Morgan fingerprint density at radius 2 is 1.65 bits per heavy atom. The molecule has 0 aromatic heterocycles. The van der Waals surface area contributed by atoms with Crippen LogP contribution < -0.4 is 5.73 Å². The van der Waals surface area contributed by atoms with Crippen molar-refractivity contribution in [3.8, 4) is 0 Å². The second-order valence-electron chi connectivity index (χ2n) is 6.36. The maximum Gasteiger partial charge on any atom is 0.311 e. The van der Waals surface area contributed by atoms with Crippen molar-refractivity contribution in [3.63, 3.8) is 0 Å². The van der Waals surface area contributed by atoms with Crippen molar-refractivity contribution < 1.29 is 9.53 Å². The summed E-state index contributed by atoms with van der Waals surface area (Å²) in [7, 11) is 1.42. The Bertz CT molecular complexity index is 492. The molecule has 0 fully saturated rings. The largest absolute Gasteiger partial charge is 0.469 e. The van der Waals surface area contributed by atoms with Gasteiger partial charge in [-0.2, -0.15) is 0 Å². The van der Waals surface area contributed by atoms with Gasteiger partial charge in [-0.15, -0.1) is 0 Å². The number of benzene rings is 1. The molecule has 0 aliphatic rings. The monoisotopic (exact) mass is 277 g/mol. The summed E-state index contributed by atoms with van der Waals surface area (Å²) < 4.78 is 4.87. The van der Waals surface area contributed by atoms with E-state index >= 15 is 0 Å². The second-order valence-corrected chi connectivity index (χ2v) is 6.36. The number of esters is 1. The molecule has 0 saturated heterocycles. The summed E-state index contributed by atoms with van der Waals surface area (Å²) in [6.45, 7) is 12.2. The minimum absolute atomic E-state index is 0.164. The molecule has 3 nitrogen and oxygen atoms in total. The van der Waals surface area contributed by atoms with Crippen molar-refractivity contribution in [1.82, 2.24) is 0 Å². The van der Waals surface area contributed by atoms with Crippen molar-refractivity contribution in [2.75, 3.05) is 7.11 Å². The highest BCUT2D eigenvalue weighted by Gasteiger charge is 2.32. The topological polar surface area (TPSA) is 52.3 Å². The van der Waals surface area contributed by atoms with E-state index in [4.69, 9.17) is 10.5 Å². The third-order valence-corrected chi connectivity index (χ3v) is 4.26. The van der Waals surface area contributed by atoms with Crippen LogP contribution in [0.1, 0.15) is 54.1 Å². The standard InChI is InChI=1S/C17H27NO2/c1-10-8-11(2)13(4)15(12(10)3)14(18)9-17(5,6)16(19)20-7/h8,14H,9,18H2,1-7H3. The second kappa shape index (κ2) is 5.96. The van der Waals surface area contributed by atoms with Gasteiger partial charge in [-0.05, 0) is 75.8 Å². The molecule has 1 unspecified atom stereocenters. The van der Waals surface area contributed by atoms with E-state index in [-0.39, 0.29) is 12.0 Å². The highest BCUT2D eigenvalue weighted by atomic mass is 16.5. The molecule has 3 heteroatoms. The zero-order valence-corrected chi connectivity index (χ0v) is 13.8. The first-order valence-electron chi connectivity index (χ1n) is 7.03. The van der Waals surface area contributed by atoms with Crippen molar-refractivity contribution in [2.45, 2.75) is 54.0 Å². The van der Waals surface area contributed by atoms with Crippen LogP contribution in [-0.2, 0) is 9.53 Å². The molecule has 1 atom stereocenters. The first kappa shape index (κ1) is 16.7. The SMILES string of the molecule is COC(=O)C(C)(C)CC(N)c1c(C)c(C)cc(C)c1C. The van der Waals surface area contributed by atoms with Gasteiger partial charge in [0.05, 0.1) is 12.5 Å². The summed E-state index contributed by atoms with van der Waals surface area (Å²) >= 11 is 0. The number of methoxy groups -OCH3 is 1. The summed E-state index contributed by atoms with van der Waals surface area (Å²) in [5.74, 6) is -0.215. The van der Waals surface area contributed by atoms with E-state index in [0.29, 0.717) is 6.42 Å². The molecular formula is C17H27NO2. The fourth-order valence-electron chi connectivity index (χ4n) is 2.82. The molecule has 0 aliphatic carbocycles. The van der Waals surface area contributed by atoms with Gasteiger partial charge < -0.3 is 10.5 Å². The molecule has 0 saturated carbocycles. The maximum atomic E-state index is 11.8. The highest BCUT2D eigenvalue weighted by Crippen LogP contribution is 2.34. The molecule has 0 radical (unpaired) electrons. The number of carbonyl (C=O) groups is 1. The maximum absolute atomic E-state index is 11.8. The minimum atomic E-state index is -0.579. The summed E-state index contributed by atoms with van der Waals surface area (Å²) in [5, 5.41) is 0. The molecule has 0 bridgehead atoms. The summed E-state index contributed by atoms with van der Waals surface area (Å²) in [4.78, 5) is 11.8. The van der Waals surface area contributed by atoms with Gasteiger partial charge in [-0.3, -0.25) is 4.79 Å². The van der Waals surface area contributed by atoms with Crippen LogP contribution in [0.3, 0.4) is 0 Å². The predicted octanol–water partition coefficient (Wildman–Crippen LogP) is 3.51. The van der Waals surface area contributed by atoms with Gasteiger partial charge in [0.1, 0.15) is 0 Å². The summed E-state index contributed by atoms with van der Waals surface area (Å²) in [6.07, 6.45) is 0.574. The number of ether oxygens (including phenoxy) is 1. The molecule has 112 valence electrons. The van der Waals surface area contributed by atoms with Gasteiger partial charge in [0.2, 0.25) is 0 Å². The van der Waals surface area contributed by atoms with E-state index < -0.39 is 5.41 Å². The zero-order valence-electron chi connectivity index (χ0n) is 13.8. The zero-order chi connectivity index (χ0) is 15.7. The number of nitrogens with two attached hydrogens (primary N) is 1. The number of hydrogen-bond acceptors (Lipinski definition) is 3. The van der Waals surface area contributed by atoms with Crippen LogP contribution in [0, 0.1) is 33.1 Å². The smallest absolute Gasteiger partial charge is 0.311 e. The van der Waals surface area contributed by atoms with Gasteiger partial charge in [0.15, 0.2) is 0 Å². The number of aryl methyl sites for hydroxylation is 2. The van der Waals surface area contributed by atoms with Crippen LogP contribution >= 0.6 is 0 Å². The van der Waals surface area contributed by atoms with Crippen molar-refractivity contribution in [2.24, 2.45) is 11.1 Å². The molecule has 0 heterocycles. The molecule has 1 rings (SSSR count). The predicted molar refractivity (Wildman–Crippen MR) is 82.7 cm³/mol. The highest BCUT2D eigenvalue weighted by molar-refractivity contribution is 5.75. The molecule has 0 spiro atoms. The Morgan fingerprint density at radius 3 is 2.05 bits per heavy atom. The lowest BCUT2D eigenvalue weighted by molar-refractivity contribution is -0.151. The van der Waals surface area contributed by atoms with Gasteiger partial charge in [-0.25, -0.2) is 0 Å². The Morgan fingerprint density at radius 1 is 1.20 bits per heavy atom. The Labute approximate surface area is 122 Å². The molecule has 0 aliphatic heterocycles. The van der Waals surface area contributed by atoms with Gasteiger partial charge in [-0.1, -0.05) is 6.07 Å². The Hall–Kier alpha value is -1.35. The van der Waals surface area contributed by atoms with E-state index in [0.717, 1.165) is 0 Å². The van der Waals surface area contributed by atoms with Crippen LogP contribution in [0.5, 0.6) is 0 Å². The first-order valence-corrected chi connectivity index (χ1v) is 7.03. The molecular weight excluding hydrogens is 250 g/mol. The van der Waals surface area contributed by atoms with Crippen molar-refractivity contribution in [1.29, 1.82) is 0 Å². The van der Waals surface area contributed by atoms with E-state index in [1.54, 1.807) is 0 Å². The lowest BCUT2D eigenvalue weighted by atomic mass is 9.80. The minimum Gasteiger partial charge on any atom is -0.469 e. The normalized spacial score (nSPS) is 13.2. The van der Waals surface area contributed by atoms with Gasteiger partial charge in [0, 0.05) is 6.04 Å². The van der Waals surface area contributed by atoms with E-state index in [2.05, 4.69) is 33.8 Å². The number of hydrogen-bond donors (Lipinski definition) is 1. The first-order chi connectivity index (χ1) is 9.11. The lowest BCUT2D eigenvalue weighted by Gasteiger charge is -2.28. The quantitative estimate of drug-likeness (QED) is 0.857. The van der Waals surface area contributed by atoms with Crippen LogP contribution in [0.25, 0.3) is 0 Å². The van der Waals surface area contributed by atoms with Crippen LogP contribution in [0.4, 0.5) is 0 Å². The van der Waals surface area contributed by atoms with Crippen LogP contribution in [-0.4, -0.2) is 13.1 Å². The molecule has 0 amide bonds. The molecule has 1 aromatic carbocycles. The fraction of sp³-hybridized carbons (Fsp3) is 0.588. The van der Waals surface area contributed by atoms with Gasteiger partial charge in [0.25, 0.3) is 0 Å². The van der Waals surface area contributed by atoms with Crippen molar-refractivity contribution >= 4 is 5.97 Å². The van der Waals surface area contributed by atoms with Crippen LogP contribution in [0.2, 0.25) is 0 Å². The van der Waals surface area contributed by atoms with E-state index in [1.807, 2.05) is 13.8 Å². The third-order valence-electron chi connectivity index (χ3n) is 4.26. The summed E-state index contributed by atoms with van der Waals surface area (Å²) in [5.41, 5.74) is 11.9. The van der Waals surface area contributed by atoms with Crippen LogP contribution in [0.15, 0.2) is 6.07 Å². The Kier molecular flexibility index (Phi) is 4.98. The fourth-order valence-corrected chi connectivity index (χ4v) is 2.82. The lowest BCUT2D eigenvalue weighted by Crippen LogP contribution is -2.31. The summed E-state index contributed by atoms with van der Waals surface area (Å²) in [6, 6.07) is 2.02. The average molecular weight is 277 g/mol. The Balaban J connectivity index is 3.17. The molecule has 2 N–H and O–H groups in total. The average Bonchev–Trinajstić information content (AvgIpc) is 2.35. The van der Waals surface area contributed by atoms with E-state index in [9.17, 15) is 4.79 Å². The van der Waals surface area contributed by atoms with Gasteiger partial charge >= 0.3 is 5.97 Å².